The summed E-state index contributed by atoms with van der Waals surface area (Å²) in [6.45, 7) is 4.78. The Balaban J connectivity index is 1.52. The molecule has 0 aromatic heterocycles. The van der Waals surface area contributed by atoms with E-state index in [2.05, 4.69) is 22.2 Å². The van der Waals surface area contributed by atoms with Crippen molar-refractivity contribution in [3.05, 3.63) is 64.7 Å². The van der Waals surface area contributed by atoms with Gasteiger partial charge in [-0.25, -0.2) is 4.79 Å². The first-order valence-corrected chi connectivity index (χ1v) is 12.6. The van der Waals surface area contributed by atoms with Crippen LogP contribution in [0.5, 0.6) is 0 Å². The van der Waals surface area contributed by atoms with Crippen LogP contribution < -0.4 is 11.1 Å². The standard InChI is InChI=1S/C29H36N4O3/c1-4-5-19-36-29(35)32-27(30)23-13-15-24(16-14-23)31-18-8-9-22-12-17-26(21(2)20-22)28(34)33(3)25-10-6-7-11-25/h12-17,20,25,31H,4-7,10-11,18-19H2,1-3H3,(H2,30,32,35). The van der Waals surface area contributed by atoms with Crippen molar-refractivity contribution in [3.8, 4) is 11.8 Å². The molecular formula is C29H36N4O3. The molecule has 3 N–H and O–H groups in total. The molecule has 0 radical (unpaired) electrons. The number of hydrogen-bond donors (Lipinski definition) is 2. The van der Waals surface area contributed by atoms with Crippen LogP contribution in [0.25, 0.3) is 0 Å². The number of nitrogens with two attached hydrogens (primary N) is 1. The molecule has 2 amide bonds. The summed E-state index contributed by atoms with van der Waals surface area (Å²) in [5, 5.41) is 3.24. The number of ether oxygens (including phenoxy) is 1. The highest BCUT2D eigenvalue weighted by atomic mass is 16.5. The molecule has 3 rings (SSSR count). The third-order valence-electron chi connectivity index (χ3n) is 6.38. The smallest absolute Gasteiger partial charge is 0.435 e. The van der Waals surface area contributed by atoms with Gasteiger partial charge in [-0.05, 0) is 74.2 Å². The monoisotopic (exact) mass is 488 g/mol. The molecule has 0 aliphatic heterocycles. The van der Waals surface area contributed by atoms with Crippen LogP contribution in [0.15, 0.2) is 47.5 Å². The number of amides is 2. The number of anilines is 1. The minimum atomic E-state index is -0.674. The number of carbonyl (C=O) groups excluding carboxylic acids is 2. The van der Waals surface area contributed by atoms with Crippen molar-refractivity contribution in [1.29, 1.82) is 0 Å². The third-order valence-corrected chi connectivity index (χ3v) is 6.38. The largest absolute Gasteiger partial charge is 0.448 e. The van der Waals surface area contributed by atoms with E-state index >= 15 is 0 Å². The van der Waals surface area contributed by atoms with E-state index in [0.717, 1.165) is 48.1 Å². The Morgan fingerprint density at radius 3 is 2.56 bits per heavy atom. The minimum Gasteiger partial charge on any atom is -0.448 e. The molecular weight excluding hydrogens is 452 g/mol. The fourth-order valence-corrected chi connectivity index (χ4v) is 4.18. The van der Waals surface area contributed by atoms with Crippen molar-refractivity contribution in [2.24, 2.45) is 10.7 Å². The maximum absolute atomic E-state index is 12.9. The van der Waals surface area contributed by atoms with Gasteiger partial charge in [-0.15, -0.1) is 0 Å². The molecule has 0 unspecified atom stereocenters. The van der Waals surface area contributed by atoms with Crippen LogP contribution in [-0.2, 0) is 4.74 Å². The summed E-state index contributed by atoms with van der Waals surface area (Å²) in [6, 6.07) is 13.4. The quantitative estimate of drug-likeness (QED) is 0.233. The Hall–Kier alpha value is -3.79. The molecule has 7 heteroatoms. The Kier molecular flexibility index (Phi) is 9.93. The lowest BCUT2D eigenvalue weighted by atomic mass is 10.0. The molecule has 2 aromatic carbocycles. The zero-order valence-corrected chi connectivity index (χ0v) is 21.5. The van der Waals surface area contributed by atoms with Gasteiger partial charge in [-0.1, -0.05) is 38.0 Å². The summed E-state index contributed by atoms with van der Waals surface area (Å²) in [7, 11) is 1.91. The topological polar surface area (TPSA) is 97.0 Å². The van der Waals surface area contributed by atoms with E-state index in [9.17, 15) is 9.59 Å². The van der Waals surface area contributed by atoms with Crippen LogP contribution in [0, 0.1) is 18.8 Å². The summed E-state index contributed by atoms with van der Waals surface area (Å²) in [5.41, 5.74) is 9.98. The SMILES string of the molecule is CCCCOC(=O)N=C(N)c1ccc(NCC#Cc2ccc(C(=O)N(C)C3CCCC3)c(C)c2)cc1. The highest BCUT2D eigenvalue weighted by Gasteiger charge is 2.24. The number of nitrogens with zero attached hydrogens (tertiary/aromatic N) is 2. The lowest BCUT2D eigenvalue weighted by Crippen LogP contribution is -2.35. The van der Waals surface area contributed by atoms with Crippen LogP contribution in [0.3, 0.4) is 0 Å². The molecule has 36 heavy (non-hydrogen) atoms. The molecule has 0 heterocycles. The molecule has 0 bridgehead atoms. The minimum absolute atomic E-state index is 0.0862. The normalized spacial score (nSPS) is 13.6. The predicted molar refractivity (Wildman–Crippen MR) is 144 cm³/mol. The molecule has 0 atom stereocenters. The number of carbonyl (C=O) groups is 2. The second-order valence-corrected chi connectivity index (χ2v) is 9.08. The number of amidine groups is 1. The molecule has 0 saturated heterocycles. The van der Waals surface area contributed by atoms with E-state index in [0.29, 0.717) is 24.8 Å². The van der Waals surface area contributed by atoms with E-state index in [1.54, 1.807) is 12.1 Å². The maximum Gasteiger partial charge on any atom is 0.435 e. The lowest BCUT2D eigenvalue weighted by molar-refractivity contribution is 0.0734. The first kappa shape index (κ1) is 26.8. The van der Waals surface area contributed by atoms with Crippen molar-refractivity contribution < 1.29 is 14.3 Å². The Morgan fingerprint density at radius 1 is 1.17 bits per heavy atom. The number of hydrogen-bond acceptors (Lipinski definition) is 4. The predicted octanol–water partition coefficient (Wildman–Crippen LogP) is 5.12. The lowest BCUT2D eigenvalue weighted by Gasteiger charge is -2.25. The van der Waals surface area contributed by atoms with Gasteiger partial charge in [0.25, 0.3) is 5.91 Å². The van der Waals surface area contributed by atoms with E-state index in [-0.39, 0.29) is 11.7 Å². The maximum atomic E-state index is 12.9. The van der Waals surface area contributed by atoms with Crippen LogP contribution in [-0.4, -0.2) is 49.0 Å². The Bertz CT molecular complexity index is 1140. The molecule has 2 aromatic rings. The number of unbranched alkanes of at least 4 members (excludes halogenated alkanes) is 1. The highest BCUT2D eigenvalue weighted by molar-refractivity contribution is 6.02. The van der Waals surface area contributed by atoms with Crippen LogP contribution in [0.2, 0.25) is 0 Å². The Labute approximate surface area is 214 Å². The van der Waals surface area contributed by atoms with Gasteiger partial charge in [-0.2, -0.15) is 4.99 Å². The molecule has 1 fully saturated rings. The van der Waals surface area contributed by atoms with Crippen molar-refractivity contribution in [2.75, 3.05) is 25.5 Å². The number of benzene rings is 2. The van der Waals surface area contributed by atoms with Crippen molar-refractivity contribution in [3.63, 3.8) is 0 Å². The van der Waals surface area contributed by atoms with Crippen LogP contribution >= 0.6 is 0 Å². The van der Waals surface area contributed by atoms with Gasteiger partial charge in [0.15, 0.2) is 0 Å². The fraction of sp³-hybridized carbons (Fsp3) is 0.414. The second-order valence-electron chi connectivity index (χ2n) is 9.08. The molecule has 0 spiro atoms. The number of rotatable bonds is 8. The van der Waals surface area contributed by atoms with E-state index in [4.69, 9.17) is 10.5 Å². The van der Waals surface area contributed by atoms with E-state index < -0.39 is 6.09 Å². The van der Waals surface area contributed by atoms with Gasteiger partial charge in [0.05, 0.1) is 13.2 Å². The molecule has 7 nitrogen and oxygen atoms in total. The van der Waals surface area contributed by atoms with E-state index in [1.807, 2.05) is 56.1 Å². The molecule has 1 saturated carbocycles. The third kappa shape index (κ3) is 7.61. The number of aliphatic imine (C=N–C) groups is 1. The highest BCUT2D eigenvalue weighted by Crippen LogP contribution is 2.24. The Morgan fingerprint density at radius 2 is 1.89 bits per heavy atom. The summed E-state index contributed by atoms with van der Waals surface area (Å²) in [5.74, 6) is 6.47. The number of nitrogens with one attached hydrogen (secondary N) is 1. The zero-order chi connectivity index (χ0) is 25.9. The number of aryl methyl sites for hydroxylation is 1. The zero-order valence-electron chi connectivity index (χ0n) is 21.5. The molecule has 1 aliphatic carbocycles. The van der Waals surface area contributed by atoms with Gasteiger partial charge in [0, 0.05) is 35.5 Å². The van der Waals surface area contributed by atoms with Crippen molar-refractivity contribution in [1.82, 2.24) is 4.90 Å². The van der Waals surface area contributed by atoms with Gasteiger partial charge in [-0.3, -0.25) is 4.79 Å². The average molecular weight is 489 g/mol. The van der Waals surface area contributed by atoms with Crippen molar-refractivity contribution in [2.45, 2.75) is 58.4 Å². The van der Waals surface area contributed by atoms with E-state index in [1.165, 1.54) is 12.8 Å². The van der Waals surface area contributed by atoms with Crippen LogP contribution in [0.1, 0.15) is 72.5 Å². The van der Waals surface area contributed by atoms with Gasteiger partial charge in [0.1, 0.15) is 5.84 Å². The second kappa shape index (κ2) is 13.3. The summed E-state index contributed by atoms with van der Waals surface area (Å²) >= 11 is 0. The first-order valence-electron chi connectivity index (χ1n) is 12.6. The summed E-state index contributed by atoms with van der Waals surface area (Å²) in [6.07, 6.45) is 5.65. The van der Waals surface area contributed by atoms with Crippen LogP contribution in [0.4, 0.5) is 10.5 Å². The van der Waals surface area contributed by atoms with Gasteiger partial charge in [0.2, 0.25) is 0 Å². The molecule has 1 aliphatic rings. The van der Waals surface area contributed by atoms with Gasteiger partial charge >= 0.3 is 6.09 Å². The molecule has 190 valence electrons. The summed E-state index contributed by atoms with van der Waals surface area (Å²) in [4.78, 5) is 30.3. The average Bonchev–Trinajstić information content (AvgIpc) is 3.41. The summed E-state index contributed by atoms with van der Waals surface area (Å²) < 4.78 is 5.00. The van der Waals surface area contributed by atoms with Crippen molar-refractivity contribution >= 4 is 23.5 Å². The first-order chi connectivity index (χ1) is 17.4. The fourth-order valence-electron chi connectivity index (χ4n) is 4.18. The van der Waals surface area contributed by atoms with Gasteiger partial charge < -0.3 is 20.7 Å².